The monoisotopic (exact) mass is 248 g/mol. The Balaban J connectivity index is 3.98. The first-order chi connectivity index (χ1) is 7.47. The quantitative estimate of drug-likeness (QED) is 0.591. The Morgan fingerprint density at radius 2 is 2.00 bits per heavy atom. The zero-order chi connectivity index (χ0) is 12.6. The van der Waals surface area contributed by atoms with E-state index in [0.29, 0.717) is 13.0 Å². The molecule has 0 aromatic carbocycles. The van der Waals surface area contributed by atoms with Crippen molar-refractivity contribution >= 4 is 23.8 Å². The number of hydrogen-bond donors (Lipinski definition) is 3. The first-order valence-corrected chi connectivity index (χ1v) is 6.62. The highest BCUT2D eigenvalue weighted by Gasteiger charge is 2.20. The number of carboxylic acids is 1. The second-order valence-corrected chi connectivity index (χ2v) is 4.90. The highest BCUT2D eigenvalue weighted by atomic mass is 32.2. The average molecular weight is 248 g/mol. The largest absolute Gasteiger partial charge is 0.480 e. The van der Waals surface area contributed by atoms with Gasteiger partial charge < -0.3 is 15.7 Å². The molecule has 0 aromatic heterocycles. The van der Waals surface area contributed by atoms with Gasteiger partial charge >= 0.3 is 12.0 Å². The van der Waals surface area contributed by atoms with E-state index in [4.69, 9.17) is 5.11 Å². The first-order valence-electron chi connectivity index (χ1n) is 5.23. The highest BCUT2D eigenvalue weighted by Crippen LogP contribution is 2.04. The van der Waals surface area contributed by atoms with Gasteiger partial charge in [0.2, 0.25) is 0 Å². The molecule has 0 aliphatic carbocycles. The van der Waals surface area contributed by atoms with Gasteiger partial charge in [-0.25, -0.2) is 9.59 Å². The van der Waals surface area contributed by atoms with Gasteiger partial charge in [0.15, 0.2) is 0 Å². The van der Waals surface area contributed by atoms with Crippen LogP contribution in [0.5, 0.6) is 0 Å². The van der Waals surface area contributed by atoms with Crippen LogP contribution in [0.4, 0.5) is 4.79 Å². The van der Waals surface area contributed by atoms with Crippen LogP contribution in [0.2, 0.25) is 0 Å². The summed E-state index contributed by atoms with van der Waals surface area (Å²) in [6.07, 6.45) is 2.38. The molecule has 94 valence electrons. The summed E-state index contributed by atoms with van der Waals surface area (Å²) in [5.74, 6) is 0.0521. The number of hydrogen-bond acceptors (Lipinski definition) is 3. The maximum absolute atomic E-state index is 11.3. The van der Waals surface area contributed by atoms with Crippen molar-refractivity contribution in [2.24, 2.45) is 5.92 Å². The second-order valence-electron chi connectivity index (χ2n) is 3.91. The summed E-state index contributed by atoms with van der Waals surface area (Å²) in [6, 6.07) is -1.23. The van der Waals surface area contributed by atoms with Gasteiger partial charge in [-0.1, -0.05) is 13.8 Å². The average Bonchev–Trinajstić information content (AvgIpc) is 2.16. The van der Waals surface area contributed by atoms with Crippen LogP contribution in [0.3, 0.4) is 0 Å². The minimum atomic E-state index is -0.992. The van der Waals surface area contributed by atoms with Gasteiger partial charge in [-0.3, -0.25) is 0 Å². The van der Waals surface area contributed by atoms with Crippen LogP contribution < -0.4 is 10.6 Å². The minimum Gasteiger partial charge on any atom is -0.480 e. The van der Waals surface area contributed by atoms with Crippen molar-refractivity contribution in [3.63, 3.8) is 0 Å². The van der Waals surface area contributed by atoms with Crippen LogP contribution in [0.25, 0.3) is 0 Å². The summed E-state index contributed by atoms with van der Waals surface area (Å²) >= 11 is 1.62. The molecule has 0 radical (unpaired) electrons. The molecule has 0 bridgehead atoms. The molecular formula is C10H20N2O3S. The number of carbonyl (C=O) groups is 2. The van der Waals surface area contributed by atoms with E-state index in [9.17, 15) is 9.59 Å². The molecule has 0 spiro atoms. The van der Waals surface area contributed by atoms with Gasteiger partial charge in [0.05, 0.1) is 0 Å². The molecule has 0 aromatic rings. The summed E-state index contributed by atoms with van der Waals surface area (Å²) < 4.78 is 0. The van der Waals surface area contributed by atoms with Gasteiger partial charge in [0, 0.05) is 12.3 Å². The summed E-state index contributed by atoms with van der Waals surface area (Å²) in [5, 5.41) is 14.0. The van der Waals surface area contributed by atoms with Crippen LogP contribution in [-0.4, -0.2) is 41.7 Å². The van der Waals surface area contributed by atoms with Crippen LogP contribution >= 0.6 is 11.8 Å². The molecule has 6 heteroatoms. The van der Waals surface area contributed by atoms with E-state index in [1.165, 1.54) is 0 Å². The SMILES string of the molecule is CSCCNC(=O)N[C@@H](CC(C)C)C(=O)O. The lowest BCUT2D eigenvalue weighted by atomic mass is 10.0. The van der Waals surface area contributed by atoms with Crippen molar-refractivity contribution in [1.82, 2.24) is 10.6 Å². The molecular weight excluding hydrogens is 228 g/mol. The van der Waals surface area contributed by atoms with Crippen LogP contribution in [0.15, 0.2) is 0 Å². The fourth-order valence-corrected chi connectivity index (χ4v) is 1.47. The lowest BCUT2D eigenvalue weighted by Gasteiger charge is -2.16. The highest BCUT2D eigenvalue weighted by molar-refractivity contribution is 7.98. The number of aliphatic carboxylic acids is 1. The molecule has 0 heterocycles. The third-order valence-electron chi connectivity index (χ3n) is 1.90. The number of urea groups is 1. The molecule has 0 fully saturated rings. The van der Waals surface area contributed by atoms with Gasteiger partial charge in [-0.15, -0.1) is 0 Å². The Hall–Kier alpha value is -0.910. The van der Waals surface area contributed by atoms with Gasteiger partial charge in [-0.2, -0.15) is 11.8 Å². The summed E-state index contributed by atoms with van der Waals surface area (Å²) in [4.78, 5) is 22.2. The number of rotatable bonds is 7. The van der Waals surface area contributed by atoms with E-state index in [-0.39, 0.29) is 5.92 Å². The van der Waals surface area contributed by atoms with E-state index in [2.05, 4.69) is 10.6 Å². The van der Waals surface area contributed by atoms with E-state index in [1.54, 1.807) is 11.8 Å². The van der Waals surface area contributed by atoms with Crippen molar-refractivity contribution < 1.29 is 14.7 Å². The van der Waals surface area contributed by atoms with E-state index in [0.717, 1.165) is 5.75 Å². The number of nitrogens with one attached hydrogen (secondary N) is 2. The maximum atomic E-state index is 11.3. The molecule has 0 aliphatic rings. The van der Waals surface area contributed by atoms with E-state index in [1.807, 2.05) is 20.1 Å². The predicted octanol–water partition coefficient (Wildman–Crippen LogP) is 1.15. The van der Waals surface area contributed by atoms with Gasteiger partial charge in [-0.05, 0) is 18.6 Å². The zero-order valence-electron chi connectivity index (χ0n) is 9.95. The predicted molar refractivity (Wildman–Crippen MR) is 65.8 cm³/mol. The summed E-state index contributed by atoms with van der Waals surface area (Å²) in [7, 11) is 0. The molecule has 0 unspecified atom stereocenters. The second kappa shape index (κ2) is 8.27. The van der Waals surface area contributed by atoms with Gasteiger partial charge in [0.25, 0.3) is 0 Å². The fraction of sp³-hybridized carbons (Fsp3) is 0.800. The molecule has 0 aliphatic heterocycles. The smallest absolute Gasteiger partial charge is 0.326 e. The van der Waals surface area contributed by atoms with Crippen LogP contribution in [-0.2, 0) is 4.79 Å². The fourth-order valence-electron chi connectivity index (χ4n) is 1.17. The number of amides is 2. The van der Waals surface area contributed by atoms with Crippen molar-refractivity contribution in [2.75, 3.05) is 18.6 Å². The Morgan fingerprint density at radius 3 is 2.44 bits per heavy atom. The summed E-state index contributed by atoms with van der Waals surface area (Å²) in [6.45, 7) is 4.38. The third-order valence-corrected chi connectivity index (χ3v) is 2.51. The lowest BCUT2D eigenvalue weighted by Crippen LogP contribution is -2.47. The third kappa shape index (κ3) is 7.39. The van der Waals surface area contributed by atoms with Crippen LogP contribution in [0.1, 0.15) is 20.3 Å². The standard InChI is InChI=1S/C10H20N2O3S/c1-7(2)6-8(9(13)14)12-10(15)11-4-5-16-3/h7-8H,4-6H2,1-3H3,(H,13,14)(H2,11,12,15)/t8-/m0/s1. The normalized spacial score (nSPS) is 12.2. The van der Waals surface area contributed by atoms with Crippen molar-refractivity contribution in [1.29, 1.82) is 0 Å². The Labute approximate surface area is 100 Å². The Morgan fingerprint density at radius 1 is 1.38 bits per heavy atom. The maximum Gasteiger partial charge on any atom is 0.326 e. The lowest BCUT2D eigenvalue weighted by molar-refractivity contribution is -0.139. The summed E-state index contributed by atoms with van der Waals surface area (Å²) in [5.41, 5.74) is 0. The topological polar surface area (TPSA) is 78.4 Å². The molecule has 0 saturated heterocycles. The molecule has 0 saturated carbocycles. The van der Waals surface area contributed by atoms with Crippen LogP contribution in [0, 0.1) is 5.92 Å². The number of carboxylic acid groups (broad SMARTS) is 1. The van der Waals surface area contributed by atoms with E-state index < -0.39 is 18.0 Å². The molecule has 0 rings (SSSR count). The van der Waals surface area contributed by atoms with Crippen molar-refractivity contribution in [3.05, 3.63) is 0 Å². The Bertz CT molecular complexity index is 234. The number of carbonyl (C=O) groups excluding carboxylic acids is 1. The Kier molecular flexibility index (Phi) is 7.80. The molecule has 3 N–H and O–H groups in total. The molecule has 16 heavy (non-hydrogen) atoms. The van der Waals surface area contributed by atoms with Crippen molar-refractivity contribution in [2.45, 2.75) is 26.3 Å². The molecule has 2 amide bonds. The van der Waals surface area contributed by atoms with Gasteiger partial charge in [0.1, 0.15) is 6.04 Å². The molecule has 5 nitrogen and oxygen atoms in total. The first kappa shape index (κ1) is 15.1. The minimum absolute atomic E-state index is 0.229. The van der Waals surface area contributed by atoms with E-state index >= 15 is 0 Å². The van der Waals surface area contributed by atoms with Crippen molar-refractivity contribution in [3.8, 4) is 0 Å². The zero-order valence-corrected chi connectivity index (χ0v) is 10.8. The number of thioether (sulfide) groups is 1. The molecule has 1 atom stereocenters.